The van der Waals surface area contributed by atoms with E-state index in [0.717, 1.165) is 55.7 Å². The van der Waals surface area contributed by atoms with E-state index < -0.39 is 14.9 Å². The summed E-state index contributed by atoms with van der Waals surface area (Å²) in [6, 6.07) is 57.2. The number of rotatable bonds is 8. The summed E-state index contributed by atoms with van der Waals surface area (Å²) < 4.78 is 32.1. The number of aromatic nitrogens is 4. The van der Waals surface area contributed by atoms with Gasteiger partial charge in [-0.2, -0.15) is 0 Å². The summed E-state index contributed by atoms with van der Waals surface area (Å²) in [6.07, 6.45) is 2.02. The molecule has 10 aromatic rings. The summed E-state index contributed by atoms with van der Waals surface area (Å²) in [4.78, 5) is 14.7. The van der Waals surface area contributed by atoms with Gasteiger partial charge in [0.05, 0.1) is 36.2 Å². The molecule has 64 heavy (non-hydrogen) atoms. The zero-order valence-corrected chi connectivity index (χ0v) is 40.6. The van der Waals surface area contributed by atoms with E-state index >= 15 is 0 Å². The van der Waals surface area contributed by atoms with Gasteiger partial charge in [-0.1, -0.05) is 143 Å². The van der Waals surface area contributed by atoms with Gasteiger partial charge in [-0.05, 0) is 88.2 Å². The predicted molar refractivity (Wildman–Crippen MR) is 266 cm³/mol. The molecular formula is C57H52IrN4OSi-2. The van der Waals surface area contributed by atoms with E-state index in [4.69, 9.17) is 18.5 Å². The Labute approximate surface area is 395 Å². The van der Waals surface area contributed by atoms with Gasteiger partial charge in [-0.15, -0.1) is 54.1 Å². The van der Waals surface area contributed by atoms with Crippen molar-refractivity contribution < 1.29 is 28.6 Å². The second-order valence-electron chi connectivity index (χ2n) is 17.7. The van der Waals surface area contributed by atoms with Gasteiger partial charge in [-0.25, -0.2) is 4.98 Å². The molecule has 7 heteroatoms. The fourth-order valence-electron chi connectivity index (χ4n) is 8.18. The second-order valence-corrected chi connectivity index (χ2v) is 22.8. The minimum absolute atomic E-state index is 0. The zero-order chi connectivity index (χ0) is 46.3. The van der Waals surface area contributed by atoms with Crippen molar-refractivity contribution in [1.82, 2.24) is 19.5 Å². The standard InChI is InChI=1S/C43H36N3O.C14H16NSi.Ir/c1-26(2)35-24-31(29-12-7-6-8-13-29)25-36(27(3)4)40(35)46-39-17-10-9-16-38(39)44-42(46)34-15-11-14-32-33-22-23-37(45-43(33)47-41(32)34)30-20-18-28(5)19-21-30;1-16(2,3)13-9-10-14(15-11-13)12-7-5-4-6-8-12;/h6-14,16-27H,1-5H3;4-7,9-11H,1-3H3;/q2*-1;/i5D3;;. The normalized spacial score (nSPS) is 12.5. The molecular weight excluding hydrogens is 977 g/mol. The minimum atomic E-state index is -2.16. The number of benzene rings is 6. The Balaban J connectivity index is 0.000000303. The first-order valence-corrected chi connectivity index (χ1v) is 25.2. The van der Waals surface area contributed by atoms with Crippen LogP contribution in [0.3, 0.4) is 0 Å². The number of nitrogens with zero attached hydrogens (tertiary/aromatic N) is 4. The maximum absolute atomic E-state index is 7.72. The monoisotopic (exact) mass is 1030 g/mol. The molecule has 0 saturated heterocycles. The van der Waals surface area contributed by atoms with Gasteiger partial charge in [0.1, 0.15) is 0 Å². The Kier molecular flexibility index (Phi) is 11.7. The average molecular weight is 1030 g/mol. The van der Waals surface area contributed by atoms with Crippen LogP contribution in [0.1, 0.15) is 60.3 Å². The number of hydrogen-bond acceptors (Lipinski definition) is 4. The van der Waals surface area contributed by atoms with E-state index in [2.05, 4.69) is 142 Å². The molecule has 4 aromatic heterocycles. The van der Waals surface area contributed by atoms with Gasteiger partial charge < -0.3 is 14.0 Å². The Bertz CT molecular complexity index is 3290. The predicted octanol–water partition coefficient (Wildman–Crippen LogP) is 14.8. The minimum Gasteiger partial charge on any atom is -0.486 e. The van der Waals surface area contributed by atoms with E-state index in [0.29, 0.717) is 22.6 Å². The molecule has 6 aromatic carbocycles. The molecule has 10 rings (SSSR count). The van der Waals surface area contributed by atoms with Crippen LogP contribution >= 0.6 is 0 Å². The van der Waals surface area contributed by atoms with Crippen molar-refractivity contribution in [3.63, 3.8) is 0 Å². The van der Waals surface area contributed by atoms with Crippen molar-refractivity contribution in [1.29, 1.82) is 0 Å². The summed E-state index contributed by atoms with van der Waals surface area (Å²) in [7, 11) is -1.23. The number of pyridine rings is 2. The van der Waals surface area contributed by atoms with Crippen LogP contribution in [0, 0.1) is 19.0 Å². The molecule has 321 valence electrons. The molecule has 0 amide bonds. The van der Waals surface area contributed by atoms with Crippen LogP contribution in [-0.4, -0.2) is 27.6 Å². The number of fused-ring (bicyclic) bond motifs is 4. The molecule has 4 heterocycles. The Morgan fingerprint density at radius 3 is 2.00 bits per heavy atom. The molecule has 1 radical (unpaired) electrons. The van der Waals surface area contributed by atoms with Gasteiger partial charge in [0.15, 0.2) is 0 Å². The third-order valence-corrected chi connectivity index (χ3v) is 13.6. The summed E-state index contributed by atoms with van der Waals surface area (Å²) in [5.74, 6) is 1.23. The van der Waals surface area contributed by atoms with Crippen molar-refractivity contribution in [2.75, 3.05) is 0 Å². The van der Waals surface area contributed by atoms with Crippen molar-refractivity contribution in [2.24, 2.45) is 0 Å². The molecule has 0 bridgehead atoms. The molecule has 0 fully saturated rings. The first kappa shape index (κ1) is 40.5. The molecule has 0 saturated carbocycles. The molecule has 0 aliphatic heterocycles. The van der Waals surface area contributed by atoms with Crippen LogP contribution < -0.4 is 5.19 Å². The topological polar surface area (TPSA) is 56.7 Å². The van der Waals surface area contributed by atoms with Crippen molar-refractivity contribution in [3.05, 3.63) is 187 Å². The summed E-state index contributed by atoms with van der Waals surface area (Å²) in [5, 5.41) is 3.21. The number of imidazole rings is 1. The van der Waals surface area contributed by atoms with E-state index in [1.165, 1.54) is 27.4 Å². The zero-order valence-electron chi connectivity index (χ0n) is 40.2. The fraction of sp³-hybridized carbons (Fsp3) is 0.175. The average Bonchev–Trinajstić information content (AvgIpc) is 3.90. The summed E-state index contributed by atoms with van der Waals surface area (Å²) in [6.45, 7) is 13.8. The van der Waals surface area contributed by atoms with Crippen LogP contribution in [0.2, 0.25) is 19.6 Å². The molecule has 0 spiro atoms. The largest absolute Gasteiger partial charge is 0.486 e. The summed E-state index contributed by atoms with van der Waals surface area (Å²) in [5.41, 5.74) is 13.7. The van der Waals surface area contributed by atoms with Crippen LogP contribution in [0.25, 0.3) is 83.8 Å². The second kappa shape index (κ2) is 18.5. The molecule has 0 unspecified atom stereocenters. The van der Waals surface area contributed by atoms with Gasteiger partial charge in [-0.3, -0.25) is 4.98 Å². The number of hydrogen-bond donors (Lipinski definition) is 0. The molecule has 0 atom stereocenters. The van der Waals surface area contributed by atoms with Crippen LogP contribution in [0.4, 0.5) is 0 Å². The molecule has 0 aliphatic rings. The van der Waals surface area contributed by atoms with Gasteiger partial charge in [0, 0.05) is 47.1 Å². The third-order valence-electron chi connectivity index (χ3n) is 11.6. The SMILES string of the molecule is C[Si](C)(C)c1ccc(-c2[c-]cccc2)nc1.[2H]C([2H])([2H])c1ccc(-c2ccc3c(n2)oc2c(-c4nc5ccccc5n4-c4c(C(C)C)cc(-c5ccccc5)cc4C(C)C)[c-]ccc23)cc1.[Ir]. The third kappa shape index (κ3) is 8.81. The van der Waals surface area contributed by atoms with E-state index in [1.54, 1.807) is 24.3 Å². The van der Waals surface area contributed by atoms with Crippen LogP contribution in [-0.2, 0) is 20.1 Å². The van der Waals surface area contributed by atoms with E-state index in [9.17, 15) is 0 Å². The maximum atomic E-state index is 7.72. The number of para-hydroxylation sites is 2. The smallest absolute Gasteiger partial charge is 0.216 e. The van der Waals surface area contributed by atoms with Crippen molar-refractivity contribution >= 4 is 46.4 Å². The van der Waals surface area contributed by atoms with Gasteiger partial charge in [0.25, 0.3) is 0 Å². The van der Waals surface area contributed by atoms with Crippen LogP contribution in [0.15, 0.2) is 162 Å². The summed E-state index contributed by atoms with van der Waals surface area (Å²) >= 11 is 0. The first-order valence-electron chi connectivity index (χ1n) is 23.2. The molecule has 5 nitrogen and oxygen atoms in total. The first-order chi connectivity index (χ1) is 31.7. The van der Waals surface area contributed by atoms with Gasteiger partial charge in [0.2, 0.25) is 5.71 Å². The fourth-order valence-corrected chi connectivity index (χ4v) is 9.21. The quantitative estimate of drug-likeness (QED) is 0.112. The number of furan rings is 1. The van der Waals surface area contributed by atoms with Crippen molar-refractivity contribution in [2.45, 2.75) is 66.0 Å². The maximum Gasteiger partial charge on any atom is 0.216 e. The Morgan fingerprint density at radius 1 is 0.641 bits per heavy atom. The molecule has 0 N–H and O–H groups in total. The number of aryl methyl sites for hydroxylation is 1. The van der Waals surface area contributed by atoms with Crippen molar-refractivity contribution in [3.8, 4) is 50.7 Å². The molecule has 0 aliphatic carbocycles. The van der Waals surface area contributed by atoms with E-state index in [-0.39, 0.29) is 31.9 Å². The Hall–Kier alpha value is -6.24. The van der Waals surface area contributed by atoms with Crippen LogP contribution in [0.5, 0.6) is 0 Å². The van der Waals surface area contributed by atoms with E-state index in [1.807, 2.05) is 60.8 Å². The van der Waals surface area contributed by atoms with Gasteiger partial charge >= 0.3 is 0 Å². The Morgan fingerprint density at radius 2 is 1.34 bits per heavy atom.